The zero-order valence-electron chi connectivity index (χ0n) is 16.9. The van der Waals surface area contributed by atoms with Crippen LogP contribution in [0.15, 0.2) is 17.1 Å². The molecule has 1 saturated carbocycles. The molecule has 1 N–H and O–H groups in total. The van der Waals surface area contributed by atoms with Crippen LogP contribution in [0.3, 0.4) is 0 Å². The van der Waals surface area contributed by atoms with Crippen molar-refractivity contribution < 1.29 is 13.9 Å². The number of hydrogen-bond acceptors (Lipinski definition) is 3. The molecule has 0 radical (unpaired) electrons. The molecule has 3 aliphatic rings. The van der Waals surface area contributed by atoms with Gasteiger partial charge in [-0.25, -0.2) is 4.39 Å². The topological polar surface area (TPSA) is 46.1 Å². The lowest BCUT2D eigenvalue weighted by Crippen LogP contribution is -2.41. The van der Waals surface area contributed by atoms with Gasteiger partial charge in [-0.3, -0.25) is 4.99 Å². The molecule has 28 heavy (non-hydrogen) atoms. The maximum atomic E-state index is 13.9. The largest absolute Gasteiger partial charge is 0.467 e. The first-order valence-corrected chi connectivity index (χ1v) is 10.7. The average molecular weight is 390 g/mol. The predicted molar refractivity (Wildman–Crippen MR) is 108 cm³/mol. The van der Waals surface area contributed by atoms with Gasteiger partial charge in [-0.05, 0) is 55.7 Å². The maximum absolute atomic E-state index is 13.9. The van der Waals surface area contributed by atoms with E-state index in [-0.39, 0.29) is 12.6 Å². The van der Waals surface area contributed by atoms with Gasteiger partial charge in [-0.1, -0.05) is 19.3 Å². The normalized spacial score (nSPS) is 21.5. The molecule has 2 fully saturated rings. The molecule has 1 saturated heterocycles. The Bertz CT molecular complexity index is 716. The predicted octanol–water partition coefficient (Wildman–Crippen LogP) is 3.86. The first-order valence-electron chi connectivity index (χ1n) is 10.7. The lowest BCUT2D eigenvalue weighted by Gasteiger charge is -2.33. The maximum Gasteiger partial charge on any atom is 0.193 e. The molecule has 1 aliphatic carbocycles. The molecule has 6 heteroatoms. The van der Waals surface area contributed by atoms with Gasteiger partial charge >= 0.3 is 0 Å². The molecule has 1 aromatic carbocycles. The molecule has 0 unspecified atom stereocenters. The summed E-state index contributed by atoms with van der Waals surface area (Å²) >= 11 is 0. The molecule has 1 aromatic rings. The van der Waals surface area contributed by atoms with E-state index < -0.39 is 0 Å². The van der Waals surface area contributed by atoms with Gasteiger partial charge in [0.15, 0.2) is 12.8 Å². The van der Waals surface area contributed by atoms with Gasteiger partial charge in [-0.2, -0.15) is 0 Å². The van der Waals surface area contributed by atoms with Crippen LogP contribution in [-0.4, -0.2) is 43.8 Å². The monoisotopic (exact) mass is 389 g/mol. The van der Waals surface area contributed by atoms with Crippen LogP contribution in [0.4, 0.5) is 4.39 Å². The second kappa shape index (κ2) is 8.68. The lowest BCUT2D eigenvalue weighted by atomic mass is 9.73. The summed E-state index contributed by atoms with van der Waals surface area (Å²) in [5.74, 6) is 1.53. The van der Waals surface area contributed by atoms with Crippen molar-refractivity contribution in [2.24, 2.45) is 10.4 Å². The van der Waals surface area contributed by atoms with Crippen molar-refractivity contribution >= 4 is 5.96 Å². The third-order valence-electron chi connectivity index (χ3n) is 6.38. The Kier molecular flexibility index (Phi) is 6.04. The second-order valence-electron chi connectivity index (χ2n) is 8.38. The van der Waals surface area contributed by atoms with Crippen LogP contribution in [0.25, 0.3) is 0 Å². The quantitative estimate of drug-likeness (QED) is 0.628. The minimum Gasteiger partial charge on any atom is -0.467 e. The van der Waals surface area contributed by atoms with Crippen LogP contribution in [0.2, 0.25) is 0 Å². The number of benzene rings is 1. The van der Waals surface area contributed by atoms with Gasteiger partial charge in [0.25, 0.3) is 0 Å². The van der Waals surface area contributed by atoms with E-state index in [1.807, 2.05) is 0 Å². The van der Waals surface area contributed by atoms with Crippen LogP contribution < -0.4 is 10.1 Å². The molecule has 0 bridgehead atoms. The lowest BCUT2D eigenvalue weighted by molar-refractivity contribution is -0.0172. The van der Waals surface area contributed by atoms with E-state index in [0.717, 1.165) is 42.5 Å². The number of guanidine groups is 1. The molecule has 0 aromatic heterocycles. The number of nitrogens with zero attached hydrogens (tertiary/aromatic N) is 2. The zero-order chi connectivity index (χ0) is 19.4. The fourth-order valence-corrected chi connectivity index (χ4v) is 4.98. The molecular weight excluding hydrogens is 357 g/mol. The van der Waals surface area contributed by atoms with E-state index in [9.17, 15) is 4.39 Å². The third kappa shape index (κ3) is 4.27. The number of likely N-dealkylation sites (tertiary alicyclic amines) is 1. The summed E-state index contributed by atoms with van der Waals surface area (Å²) in [5, 5.41) is 3.46. The number of rotatable bonds is 4. The van der Waals surface area contributed by atoms with E-state index in [1.165, 1.54) is 44.6 Å². The van der Waals surface area contributed by atoms with Gasteiger partial charge in [-0.15, -0.1) is 0 Å². The summed E-state index contributed by atoms with van der Waals surface area (Å²) in [5.41, 5.74) is 2.17. The highest BCUT2D eigenvalue weighted by atomic mass is 19.1. The summed E-state index contributed by atoms with van der Waals surface area (Å²) in [4.78, 5) is 7.30. The minimum absolute atomic E-state index is 0.230. The molecule has 5 nitrogen and oxygen atoms in total. The highest BCUT2D eigenvalue weighted by molar-refractivity contribution is 5.80. The summed E-state index contributed by atoms with van der Waals surface area (Å²) in [7, 11) is 0. The van der Waals surface area contributed by atoms with Crippen LogP contribution in [0, 0.1) is 11.2 Å². The van der Waals surface area contributed by atoms with E-state index in [0.29, 0.717) is 25.0 Å². The number of fused-ring (bicyclic) bond motifs is 1. The average Bonchev–Trinajstić information content (AvgIpc) is 3.10. The van der Waals surface area contributed by atoms with E-state index >= 15 is 0 Å². The first-order chi connectivity index (χ1) is 13.7. The van der Waals surface area contributed by atoms with Crippen molar-refractivity contribution in [2.45, 2.75) is 58.5 Å². The number of aliphatic imine (C=N–C) groups is 1. The van der Waals surface area contributed by atoms with Crippen molar-refractivity contribution in [3.8, 4) is 5.75 Å². The molecule has 0 amide bonds. The van der Waals surface area contributed by atoms with Crippen LogP contribution >= 0.6 is 0 Å². The molecule has 4 rings (SSSR count). The standard InChI is InChI=1S/C22H32FN3O2/c1-2-24-21(26-11-9-22(15-26)7-4-3-5-8-22)25-10-6-17-12-19(23)13-18-14-27-16-28-20(17)18/h12-13H,2-11,14-16H2,1H3,(H,24,25). The summed E-state index contributed by atoms with van der Waals surface area (Å²) in [6, 6.07) is 3.07. The molecular formula is C22H32FN3O2. The Morgan fingerprint density at radius 2 is 2.11 bits per heavy atom. The molecule has 2 aliphatic heterocycles. The number of halogens is 1. The SMILES string of the molecule is CCNC(=NCCc1cc(F)cc2c1OCOC2)N1CCC2(CCCCC2)C1. The second-order valence-corrected chi connectivity index (χ2v) is 8.38. The van der Waals surface area contributed by atoms with Crippen molar-refractivity contribution in [3.63, 3.8) is 0 Å². The Hall–Kier alpha value is -1.82. The Balaban J connectivity index is 1.43. The Labute approximate surface area is 167 Å². The van der Waals surface area contributed by atoms with Gasteiger partial charge in [0.2, 0.25) is 0 Å². The fourth-order valence-electron chi connectivity index (χ4n) is 4.98. The zero-order valence-corrected chi connectivity index (χ0v) is 16.9. The third-order valence-corrected chi connectivity index (χ3v) is 6.38. The molecule has 0 atom stereocenters. The number of nitrogens with one attached hydrogen (secondary N) is 1. The van der Waals surface area contributed by atoms with E-state index in [2.05, 4.69) is 17.1 Å². The highest BCUT2D eigenvalue weighted by Crippen LogP contribution is 2.43. The van der Waals surface area contributed by atoms with Crippen molar-refractivity contribution in [2.75, 3.05) is 33.0 Å². The summed E-state index contributed by atoms with van der Waals surface area (Å²) in [6.45, 7) is 6.43. The van der Waals surface area contributed by atoms with Crippen LogP contribution in [0.5, 0.6) is 5.75 Å². The van der Waals surface area contributed by atoms with Gasteiger partial charge < -0.3 is 19.7 Å². The Morgan fingerprint density at radius 1 is 1.25 bits per heavy atom. The fraction of sp³-hybridized carbons (Fsp3) is 0.682. The number of ether oxygens (including phenoxy) is 2. The van der Waals surface area contributed by atoms with Crippen LogP contribution in [0.1, 0.15) is 56.6 Å². The van der Waals surface area contributed by atoms with Gasteiger partial charge in [0.05, 0.1) is 6.61 Å². The highest BCUT2D eigenvalue weighted by Gasteiger charge is 2.39. The minimum atomic E-state index is -0.238. The first kappa shape index (κ1) is 19.5. The van der Waals surface area contributed by atoms with Gasteiger partial charge in [0.1, 0.15) is 11.6 Å². The van der Waals surface area contributed by atoms with E-state index in [1.54, 1.807) is 6.07 Å². The Morgan fingerprint density at radius 3 is 2.93 bits per heavy atom. The van der Waals surface area contributed by atoms with Crippen molar-refractivity contribution in [1.29, 1.82) is 0 Å². The molecule has 2 heterocycles. The smallest absolute Gasteiger partial charge is 0.193 e. The van der Waals surface area contributed by atoms with Crippen molar-refractivity contribution in [3.05, 3.63) is 29.1 Å². The summed E-state index contributed by atoms with van der Waals surface area (Å²) in [6.07, 6.45) is 8.79. The van der Waals surface area contributed by atoms with Gasteiger partial charge in [0, 0.05) is 31.7 Å². The molecule has 154 valence electrons. The van der Waals surface area contributed by atoms with Crippen LogP contribution in [-0.2, 0) is 17.8 Å². The number of hydrogen-bond donors (Lipinski definition) is 1. The van der Waals surface area contributed by atoms with Crippen molar-refractivity contribution in [1.82, 2.24) is 10.2 Å². The van der Waals surface area contributed by atoms with E-state index in [4.69, 9.17) is 14.5 Å². The summed E-state index contributed by atoms with van der Waals surface area (Å²) < 4.78 is 24.8. The molecule has 1 spiro atoms.